The van der Waals surface area contributed by atoms with E-state index >= 15 is 0 Å². The SMILES string of the molecule is COC(=O)C[C@@H]1C[C@@H](CNS(=O)(=O)c2ccc(-c3ccc(C(=N)N)cc3)cc2)N(CCCc2ccccc2)C1=O.Cl. The Bertz CT molecular complexity index is 1450. The summed E-state index contributed by atoms with van der Waals surface area (Å²) in [7, 11) is -2.55. The van der Waals surface area contributed by atoms with E-state index in [9.17, 15) is 18.0 Å². The van der Waals surface area contributed by atoms with E-state index in [1.165, 1.54) is 19.2 Å². The molecule has 0 bridgehead atoms. The highest BCUT2D eigenvalue weighted by atomic mass is 35.5. The van der Waals surface area contributed by atoms with Gasteiger partial charge in [-0.2, -0.15) is 0 Å². The van der Waals surface area contributed by atoms with Gasteiger partial charge in [0, 0.05) is 24.7 Å². The Morgan fingerprint density at radius 3 is 2.22 bits per heavy atom. The zero-order valence-electron chi connectivity index (χ0n) is 22.8. The standard InChI is InChI=1S/C30H34N4O5S.ClH/c1-39-28(35)19-25-18-26(34(30(25)36)17-5-8-21-6-3-2-4-7-21)20-33-40(37,38)27-15-13-23(14-16-27)22-9-11-24(12-10-22)29(31)32;/h2-4,6-7,9-16,25-26,33H,5,8,17-20H2,1H3,(H3,31,32);1H/t25-,26-;/m0./s1. The molecule has 3 aromatic carbocycles. The van der Waals surface area contributed by atoms with E-state index in [-0.39, 0.29) is 48.1 Å². The average molecular weight is 599 g/mol. The maximum Gasteiger partial charge on any atom is 0.306 e. The Hall–Kier alpha value is -3.73. The van der Waals surface area contributed by atoms with Gasteiger partial charge in [-0.3, -0.25) is 15.0 Å². The molecule has 0 unspecified atom stereocenters. The van der Waals surface area contributed by atoms with Gasteiger partial charge < -0.3 is 15.4 Å². The van der Waals surface area contributed by atoms with E-state index in [1.54, 1.807) is 29.2 Å². The maximum atomic E-state index is 13.2. The number of nitrogens with one attached hydrogen (secondary N) is 2. The summed E-state index contributed by atoms with van der Waals surface area (Å²) in [5.41, 5.74) is 8.98. The normalized spacial score (nSPS) is 16.7. The highest BCUT2D eigenvalue weighted by Crippen LogP contribution is 2.28. The average Bonchev–Trinajstić information content (AvgIpc) is 3.26. The van der Waals surface area contributed by atoms with Crippen molar-refractivity contribution >= 4 is 40.1 Å². The molecule has 1 amide bonds. The number of hydrogen-bond acceptors (Lipinski definition) is 6. The van der Waals surface area contributed by atoms with Crippen LogP contribution in [-0.2, 0) is 30.8 Å². The quantitative estimate of drug-likeness (QED) is 0.165. The van der Waals surface area contributed by atoms with Gasteiger partial charge >= 0.3 is 5.97 Å². The predicted octanol–water partition coefficient (Wildman–Crippen LogP) is 3.75. The second-order valence-electron chi connectivity index (χ2n) is 9.85. The number of rotatable bonds is 12. The molecular formula is C30H35ClN4O5S. The molecule has 0 radical (unpaired) electrons. The second-order valence-corrected chi connectivity index (χ2v) is 11.6. The van der Waals surface area contributed by atoms with Crippen LogP contribution in [0.5, 0.6) is 0 Å². The third-order valence-electron chi connectivity index (χ3n) is 7.18. The molecule has 0 spiro atoms. The molecular weight excluding hydrogens is 564 g/mol. The third kappa shape index (κ3) is 8.16. The Balaban J connectivity index is 0.00000462. The van der Waals surface area contributed by atoms with Gasteiger partial charge in [-0.1, -0.05) is 66.7 Å². The summed E-state index contributed by atoms with van der Waals surface area (Å²) in [6.07, 6.45) is 1.85. The Morgan fingerprint density at radius 1 is 1.02 bits per heavy atom. The smallest absolute Gasteiger partial charge is 0.306 e. The van der Waals surface area contributed by atoms with Crippen LogP contribution >= 0.6 is 12.4 Å². The van der Waals surface area contributed by atoms with Gasteiger partial charge in [0.2, 0.25) is 15.9 Å². The molecule has 41 heavy (non-hydrogen) atoms. The lowest BCUT2D eigenvalue weighted by atomic mass is 10.0. The lowest BCUT2D eigenvalue weighted by Gasteiger charge is -2.25. The third-order valence-corrected chi connectivity index (χ3v) is 8.62. The number of hydrogen-bond donors (Lipinski definition) is 3. The van der Waals surface area contributed by atoms with E-state index < -0.39 is 21.9 Å². The fraction of sp³-hybridized carbons (Fsp3) is 0.300. The summed E-state index contributed by atoms with van der Waals surface area (Å²) in [5, 5.41) is 7.51. The molecule has 0 saturated carbocycles. The number of methoxy groups -OCH3 is 1. The summed E-state index contributed by atoms with van der Waals surface area (Å²) >= 11 is 0. The Kier molecular flexibility index (Phi) is 11.0. The summed E-state index contributed by atoms with van der Waals surface area (Å²) in [6.45, 7) is 0.514. The van der Waals surface area contributed by atoms with Crippen molar-refractivity contribution in [2.45, 2.75) is 36.6 Å². The number of halogens is 1. The van der Waals surface area contributed by atoms with E-state index in [1.807, 2.05) is 42.5 Å². The van der Waals surface area contributed by atoms with Crippen molar-refractivity contribution in [3.63, 3.8) is 0 Å². The topological polar surface area (TPSA) is 143 Å². The zero-order valence-corrected chi connectivity index (χ0v) is 24.4. The lowest BCUT2D eigenvalue weighted by molar-refractivity contribution is -0.144. The Morgan fingerprint density at radius 2 is 1.63 bits per heavy atom. The van der Waals surface area contributed by atoms with Gasteiger partial charge in [-0.25, -0.2) is 13.1 Å². The number of nitrogen functional groups attached to an aromatic ring is 1. The maximum absolute atomic E-state index is 13.2. The molecule has 9 nitrogen and oxygen atoms in total. The molecule has 1 aliphatic rings. The molecule has 0 aliphatic carbocycles. The minimum atomic E-state index is -3.84. The number of amidine groups is 1. The molecule has 4 rings (SSSR count). The van der Waals surface area contributed by atoms with Crippen LogP contribution in [-0.4, -0.2) is 57.3 Å². The van der Waals surface area contributed by atoms with Gasteiger partial charge in [0.15, 0.2) is 0 Å². The van der Waals surface area contributed by atoms with Gasteiger partial charge in [-0.05, 0) is 48.1 Å². The second kappa shape index (κ2) is 14.2. The van der Waals surface area contributed by atoms with Crippen molar-refractivity contribution in [3.8, 4) is 11.1 Å². The van der Waals surface area contributed by atoms with Crippen molar-refractivity contribution in [2.75, 3.05) is 20.2 Å². The number of likely N-dealkylation sites (tertiary alicyclic amines) is 1. The van der Waals surface area contributed by atoms with Crippen molar-refractivity contribution < 1.29 is 22.7 Å². The number of aryl methyl sites for hydroxylation is 1. The van der Waals surface area contributed by atoms with Crippen LogP contribution in [0.25, 0.3) is 11.1 Å². The molecule has 3 aromatic rings. The first-order chi connectivity index (χ1) is 19.2. The van der Waals surface area contributed by atoms with Crippen LogP contribution in [0.1, 0.15) is 30.4 Å². The highest BCUT2D eigenvalue weighted by molar-refractivity contribution is 7.89. The summed E-state index contributed by atoms with van der Waals surface area (Å²) in [4.78, 5) is 26.9. The van der Waals surface area contributed by atoms with Crippen LogP contribution in [0.3, 0.4) is 0 Å². The highest BCUT2D eigenvalue weighted by Gasteiger charge is 2.40. The number of nitrogens with zero attached hydrogens (tertiary/aromatic N) is 1. The number of esters is 1. The number of ether oxygens (including phenoxy) is 1. The molecule has 4 N–H and O–H groups in total. The predicted molar refractivity (Wildman–Crippen MR) is 160 cm³/mol. The number of carbonyl (C=O) groups is 2. The van der Waals surface area contributed by atoms with E-state index in [4.69, 9.17) is 15.9 Å². The zero-order chi connectivity index (χ0) is 28.7. The number of carbonyl (C=O) groups excluding carboxylic acids is 2. The fourth-order valence-electron chi connectivity index (χ4n) is 4.97. The van der Waals surface area contributed by atoms with Crippen LogP contribution in [0.15, 0.2) is 83.8 Å². The van der Waals surface area contributed by atoms with E-state index in [0.29, 0.717) is 18.5 Å². The molecule has 11 heteroatoms. The first-order valence-electron chi connectivity index (χ1n) is 13.1. The van der Waals surface area contributed by atoms with E-state index in [2.05, 4.69) is 4.72 Å². The van der Waals surface area contributed by atoms with Gasteiger partial charge in [-0.15, -0.1) is 12.4 Å². The van der Waals surface area contributed by atoms with Crippen LogP contribution in [0.2, 0.25) is 0 Å². The van der Waals surface area contributed by atoms with Crippen LogP contribution in [0, 0.1) is 11.3 Å². The molecule has 2 atom stereocenters. The molecule has 1 aliphatic heterocycles. The van der Waals surface area contributed by atoms with Gasteiger partial charge in [0.25, 0.3) is 0 Å². The summed E-state index contributed by atoms with van der Waals surface area (Å²) < 4.78 is 33.7. The fourth-order valence-corrected chi connectivity index (χ4v) is 6.04. The molecule has 0 aromatic heterocycles. The van der Waals surface area contributed by atoms with Crippen LogP contribution < -0.4 is 10.5 Å². The van der Waals surface area contributed by atoms with Crippen molar-refractivity contribution in [2.24, 2.45) is 11.7 Å². The molecule has 218 valence electrons. The minimum Gasteiger partial charge on any atom is -0.469 e. The lowest BCUT2D eigenvalue weighted by Crippen LogP contribution is -2.42. The van der Waals surface area contributed by atoms with E-state index in [0.717, 1.165) is 29.5 Å². The number of benzene rings is 3. The number of amides is 1. The van der Waals surface area contributed by atoms with Crippen LogP contribution in [0.4, 0.5) is 0 Å². The Labute approximate surface area is 247 Å². The first kappa shape index (κ1) is 31.8. The van der Waals surface area contributed by atoms with Gasteiger partial charge in [0.05, 0.1) is 24.3 Å². The van der Waals surface area contributed by atoms with Gasteiger partial charge in [0.1, 0.15) is 5.84 Å². The van der Waals surface area contributed by atoms with Crippen molar-refractivity contribution in [3.05, 3.63) is 90.0 Å². The molecule has 1 fully saturated rings. The molecule has 1 saturated heterocycles. The summed E-state index contributed by atoms with van der Waals surface area (Å²) in [5.74, 6) is -1.16. The largest absolute Gasteiger partial charge is 0.469 e. The summed E-state index contributed by atoms with van der Waals surface area (Å²) in [6, 6.07) is 23.2. The monoisotopic (exact) mass is 598 g/mol. The number of nitrogens with two attached hydrogens (primary N) is 1. The van der Waals surface area contributed by atoms with Crippen molar-refractivity contribution in [1.82, 2.24) is 9.62 Å². The molecule has 1 heterocycles. The minimum absolute atomic E-state index is 0. The van der Waals surface area contributed by atoms with Crippen molar-refractivity contribution in [1.29, 1.82) is 5.41 Å². The number of sulfonamides is 1. The first-order valence-corrected chi connectivity index (χ1v) is 14.6.